The molecule has 0 fully saturated rings. The second kappa shape index (κ2) is 44.0. The number of unbranched alkanes of at least 4 members (excludes halogenated alkanes) is 32. The van der Waals surface area contributed by atoms with Crippen LogP contribution in [0.4, 0.5) is 0 Å². The number of ether oxygens (including phenoxy) is 2. The number of phosphoric acid groups is 1. The Morgan fingerprint density at radius 2 is 0.836 bits per heavy atom. The number of allylic oxidation sites excluding steroid dienone is 2. The smallest absolute Gasteiger partial charge is 0.462 e. The molecular formula is C51H101NO8P+. The summed E-state index contributed by atoms with van der Waals surface area (Å²) in [6, 6.07) is 0. The molecule has 0 aromatic carbocycles. The molecule has 362 valence electrons. The number of nitrogens with zero attached hydrogens (tertiary/aromatic N) is 1. The minimum Gasteiger partial charge on any atom is -0.462 e. The molecule has 0 aromatic heterocycles. The van der Waals surface area contributed by atoms with Crippen LogP contribution in [-0.4, -0.2) is 74.9 Å². The van der Waals surface area contributed by atoms with Crippen molar-refractivity contribution in [2.24, 2.45) is 0 Å². The summed E-state index contributed by atoms with van der Waals surface area (Å²) in [5.41, 5.74) is 0. The van der Waals surface area contributed by atoms with E-state index < -0.39 is 26.5 Å². The number of esters is 2. The monoisotopic (exact) mass is 887 g/mol. The molecule has 0 saturated heterocycles. The van der Waals surface area contributed by atoms with E-state index in [-0.39, 0.29) is 25.6 Å². The fourth-order valence-corrected chi connectivity index (χ4v) is 8.22. The van der Waals surface area contributed by atoms with E-state index in [1.165, 1.54) is 167 Å². The standard InChI is InChI=1S/C51H100NO8P/c1-6-8-10-12-14-16-18-20-22-23-24-25-26-27-28-30-31-33-35-37-39-41-43-50(53)57-47-49(48-59-61(55,56)58-46-45-52(3,4)5)60-51(54)44-42-40-38-36-34-32-29-21-19-17-15-13-11-9-7-2/h21,29,49H,6-20,22-28,30-48H2,1-5H3/p+1/b29-21-. The summed E-state index contributed by atoms with van der Waals surface area (Å²) in [6.07, 6.45) is 48.4. The van der Waals surface area contributed by atoms with Crippen LogP contribution in [0.15, 0.2) is 12.2 Å². The highest BCUT2D eigenvalue weighted by molar-refractivity contribution is 7.47. The lowest BCUT2D eigenvalue weighted by Gasteiger charge is -2.24. The molecule has 0 aliphatic heterocycles. The van der Waals surface area contributed by atoms with Crippen LogP contribution in [0.3, 0.4) is 0 Å². The summed E-state index contributed by atoms with van der Waals surface area (Å²) >= 11 is 0. The van der Waals surface area contributed by atoms with E-state index in [1.807, 2.05) is 21.1 Å². The number of hydrogen-bond donors (Lipinski definition) is 1. The van der Waals surface area contributed by atoms with Gasteiger partial charge in [-0.15, -0.1) is 0 Å². The quantitative estimate of drug-likeness (QED) is 0.0212. The van der Waals surface area contributed by atoms with Crippen molar-refractivity contribution in [2.75, 3.05) is 47.5 Å². The molecule has 1 N–H and O–H groups in total. The van der Waals surface area contributed by atoms with Gasteiger partial charge in [0.1, 0.15) is 19.8 Å². The topological polar surface area (TPSA) is 108 Å². The molecular weight excluding hydrogens is 786 g/mol. The van der Waals surface area contributed by atoms with Crippen molar-refractivity contribution in [3.63, 3.8) is 0 Å². The minimum absolute atomic E-state index is 0.0335. The van der Waals surface area contributed by atoms with Gasteiger partial charge >= 0.3 is 19.8 Å². The van der Waals surface area contributed by atoms with E-state index in [2.05, 4.69) is 26.0 Å². The molecule has 0 radical (unpaired) electrons. The van der Waals surface area contributed by atoms with Gasteiger partial charge < -0.3 is 18.9 Å². The summed E-state index contributed by atoms with van der Waals surface area (Å²) < 4.78 is 34.4. The second-order valence-corrected chi connectivity index (χ2v) is 20.4. The van der Waals surface area contributed by atoms with Crippen LogP contribution in [0, 0.1) is 0 Å². The van der Waals surface area contributed by atoms with Gasteiger partial charge in [0.15, 0.2) is 6.10 Å². The average molecular weight is 887 g/mol. The first-order chi connectivity index (χ1) is 29.5. The van der Waals surface area contributed by atoms with E-state index in [1.54, 1.807) is 0 Å². The van der Waals surface area contributed by atoms with Crippen molar-refractivity contribution in [1.29, 1.82) is 0 Å². The molecule has 0 aliphatic rings. The number of hydrogen-bond acceptors (Lipinski definition) is 7. The number of carbonyl (C=O) groups is 2. The van der Waals surface area contributed by atoms with Gasteiger partial charge in [-0.05, 0) is 38.5 Å². The van der Waals surface area contributed by atoms with Gasteiger partial charge in [-0.25, -0.2) is 4.57 Å². The minimum atomic E-state index is -4.38. The SMILES string of the molecule is CCCCCCCC/C=C\CCCCCCCC(=O)OC(COC(=O)CCCCCCCCCCCCCCCCCCCCCCCC)COP(=O)(O)OCC[N+](C)(C)C. The summed E-state index contributed by atoms with van der Waals surface area (Å²) in [6.45, 7) is 4.46. The molecule has 9 nitrogen and oxygen atoms in total. The van der Waals surface area contributed by atoms with Gasteiger partial charge in [0.05, 0.1) is 27.7 Å². The first-order valence-electron chi connectivity index (χ1n) is 25.9. The number of quaternary nitrogens is 1. The van der Waals surface area contributed by atoms with E-state index in [0.29, 0.717) is 23.9 Å². The molecule has 10 heteroatoms. The first kappa shape index (κ1) is 59.8. The molecule has 0 amide bonds. The molecule has 0 aromatic rings. The second-order valence-electron chi connectivity index (χ2n) is 18.9. The number of carbonyl (C=O) groups excluding carboxylic acids is 2. The Morgan fingerprint density at radius 1 is 0.492 bits per heavy atom. The Bertz CT molecular complexity index is 1050. The lowest BCUT2D eigenvalue weighted by Crippen LogP contribution is -2.37. The van der Waals surface area contributed by atoms with Crippen molar-refractivity contribution in [1.82, 2.24) is 0 Å². The highest BCUT2D eigenvalue weighted by atomic mass is 31.2. The van der Waals surface area contributed by atoms with Crippen molar-refractivity contribution < 1.29 is 42.1 Å². The number of rotatable bonds is 48. The number of likely N-dealkylation sites (N-methyl/N-ethyl adjacent to an activating group) is 1. The van der Waals surface area contributed by atoms with Gasteiger partial charge in [0, 0.05) is 12.8 Å². The zero-order chi connectivity index (χ0) is 45.0. The summed E-state index contributed by atoms with van der Waals surface area (Å²) in [7, 11) is 1.49. The fourth-order valence-electron chi connectivity index (χ4n) is 7.48. The molecule has 0 spiro atoms. The van der Waals surface area contributed by atoms with E-state index in [9.17, 15) is 19.0 Å². The Balaban J connectivity index is 4.18. The zero-order valence-electron chi connectivity index (χ0n) is 40.9. The largest absolute Gasteiger partial charge is 0.472 e. The van der Waals surface area contributed by atoms with Crippen molar-refractivity contribution >= 4 is 19.8 Å². The molecule has 0 bridgehead atoms. The van der Waals surface area contributed by atoms with E-state index in [0.717, 1.165) is 51.4 Å². The average Bonchev–Trinajstić information content (AvgIpc) is 3.21. The van der Waals surface area contributed by atoms with Crippen molar-refractivity contribution in [3.05, 3.63) is 12.2 Å². The molecule has 61 heavy (non-hydrogen) atoms. The zero-order valence-corrected chi connectivity index (χ0v) is 41.8. The van der Waals surface area contributed by atoms with Crippen molar-refractivity contribution in [3.8, 4) is 0 Å². The van der Waals surface area contributed by atoms with E-state index >= 15 is 0 Å². The molecule has 0 aliphatic carbocycles. The van der Waals surface area contributed by atoms with Crippen LogP contribution < -0.4 is 0 Å². The van der Waals surface area contributed by atoms with Crippen molar-refractivity contribution in [2.45, 2.75) is 258 Å². The summed E-state index contributed by atoms with van der Waals surface area (Å²) in [4.78, 5) is 35.5. The normalized spacial score (nSPS) is 13.5. The lowest BCUT2D eigenvalue weighted by atomic mass is 10.0. The van der Waals surface area contributed by atoms with Gasteiger partial charge in [0.25, 0.3) is 0 Å². The first-order valence-corrected chi connectivity index (χ1v) is 27.4. The molecule has 2 atom stereocenters. The predicted molar refractivity (Wildman–Crippen MR) is 257 cm³/mol. The van der Waals surface area contributed by atoms with Crippen LogP contribution in [0.5, 0.6) is 0 Å². The predicted octanol–water partition coefficient (Wildman–Crippen LogP) is 15.3. The Kier molecular flexibility index (Phi) is 43.1. The third-order valence-corrected chi connectivity index (χ3v) is 12.5. The number of phosphoric ester groups is 1. The summed E-state index contributed by atoms with van der Waals surface area (Å²) in [5.74, 6) is -0.793. The van der Waals surface area contributed by atoms with Crippen LogP contribution in [0.1, 0.15) is 251 Å². The maximum Gasteiger partial charge on any atom is 0.472 e. The molecule has 0 rings (SSSR count). The van der Waals surface area contributed by atoms with Gasteiger partial charge in [-0.2, -0.15) is 0 Å². The highest BCUT2D eigenvalue weighted by Crippen LogP contribution is 2.43. The lowest BCUT2D eigenvalue weighted by molar-refractivity contribution is -0.870. The van der Waals surface area contributed by atoms with Crippen LogP contribution in [-0.2, 0) is 32.7 Å². The van der Waals surface area contributed by atoms with Gasteiger partial charge in [-0.3, -0.25) is 18.6 Å². The maximum atomic E-state index is 12.7. The van der Waals surface area contributed by atoms with Crippen LogP contribution >= 0.6 is 7.82 Å². The highest BCUT2D eigenvalue weighted by Gasteiger charge is 2.27. The summed E-state index contributed by atoms with van der Waals surface area (Å²) in [5, 5.41) is 0. The molecule has 0 heterocycles. The Morgan fingerprint density at radius 3 is 1.21 bits per heavy atom. The van der Waals surface area contributed by atoms with Gasteiger partial charge in [0.2, 0.25) is 0 Å². The third kappa shape index (κ3) is 48.1. The van der Waals surface area contributed by atoms with Crippen LogP contribution in [0.2, 0.25) is 0 Å². The Hall–Kier alpha value is -1.25. The maximum absolute atomic E-state index is 12.7. The molecule has 0 saturated carbocycles. The molecule has 2 unspecified atom stereocenters. The Labute approximate surface area is 377 Å². The van der Waals surface area contributed by atoms with Gasteiger partial charge in [-0.1, -0.05) is 212 Å². The van der Waals surface area contributed by atoms with Crippen LogP contribution in [0.25, 0.3) is 0 Å². The third-order valence-electron chi connectivity index (χ3n) is 11.5. The van der Waals surface area contributed by atoms with E-state index in [4.69, 9.17) is 18.5 Å². The fraction of sp³-hybridized carbons (Fsp3) is 0.922.